The van der Waals surface area contributed by atoms with Gasteiger partial charge in [-0.2, -0.15) is 0 Å². The van der Waals surface area contributed by atoms with E-state index in [1.54, 1.807) is 0 Å². The summed E-state index contributed by atoms with van der Waals surface area (Å²) < 4.78 is 0. The van der Waals surface area contributed by atoms with Gasteiger partial charge in [-0.15, -0.1) is 0 Å². The first-order chi connectivity index (χ1) is 12.3. The highest BCUT2D eigenvalue weighted by Gasteiger charge is 2.15. The van der Waals surface area contributed by atoms with Crippen molar-refractivity contribution in [3.8, 4) is 0 Å². The van der Waals surface area contributed by atoms with Gasteiger partial charge in [0.2, 0.25) is 0 Å². The third kappa shape index (κ3) is 2.36. The van der Waals surface area contributed by atoms with Crippen LogP contribution >= 0.6 is 0 Å². The first-order valence-corrected chi connectivity index (χ1v) is 9.08. The first kappa shape index (κ1) is 14.7. The number of pyridine rings is 1. The Kier molecular flexibility index (Phi) is 3.38. The summed E-state index contributed by atoms with van der Waals surface area (Å²) in [5.74, 6) is 0. The number of likely N-dealkylation sites (tertiary alicyclic amines) is 1. The van der Waals surface area contributed by atoms with Crippen molar-refractivity contribution in [1.29, 1.82) is 0 Å². The van der Waals surface area contributed by atoms with Crippen molar-refractivity contribution in [1.82, 2.24) is 14.9 Å². The van der Waals surface area contributed by atoms with Gasteiger partial charge in [-0.25, -0.2) is 0 Å². The number of nitrogens with zero attached hydrogens (tertiary/aromatic N) is 1. The van der Waals surface area contributed by atoms with E-state index in [2.05, 4.69) is 33.1 Å². The molecule has 0 radical (unpaired) electrons. The molecule has 0 spiro atoms. The zero-order valence-electron chi connectivity index (χ0n) is 14.1. The SMILES string of the molecule is O=c1[nH]c2c3cccc(CN4CCCCC4)c3[nH]c2c2ccccc12. The molecule has 4 nitrogen and oxygen atoms in total. The molecule has 0 amide bonds. The second-order valence-corrected chi connectivity index (χ2v) is 7.05. The molecule has 25 heavy (non-hydrogen) atoms. The molecule has 4 aromatic rings. The zero-order chi connectivity index (χ0) is 16.8. The van der Waals surface area contributed by atoms with Gasteiger partial charge in [0.25, 0.3) is 5.56 Å². The number of hydrogen-bond acceptors (Lipinski definition) is 2. The van der Waals surface area contributed by atoms with E-state index < -0.39 is 0 Å². The molecule has 0 aliphatic carbocycles. The number of hydrogen-bond donors (Lipinski definition) is 2. The quantitative estimate of drug-likeness (QED) is 0.580. The molecule has 1 fully saturated rings. The standard InChI is InChI=1S/C21H21N3O/c25-21-16-9-3-2-8-15(16)19-20(23-21)17-10-6-7-14(18(17)22-19)13-24-11-4-1-5-12-24/h2-3,6-10,22H,1,4-5,11-13H2,(H,23,25). The van der Waals surface area contributed by atoms with Crippen LogP contribution in [0, 0.1) is 0 Å². The lowest BCUT2D eigenvalue weighted by Gasteiger charge is -2.26. The minimum atomic E-state index is -0.0227. The Morgan fingerprint density at radius 2 is 1.48 bits per heavy atom. The van der Waals surface area contributed by atoms with E-state index in [4.69, 9.17) is 0 Å². The largest absolute Gasteiger partial charge is 0.352 e. The average molecular weight is 331 g/mol. The van der Waals surface area contributed by atoms with E-state index in [-0.39, 0.29) is 5.56 Å². The molecule has 1 aliphatic rings. The molecule has 0 atom stereocenters. The van der Waals surface area contributed by atoms with E-state index in [0.29, 0.717) is 0 Å². The van der Waals surface area contributed by atoms with Crippen LogP contribution in [0.1, 0.15) is 24.8 Å². The van der Waals surface area contributed by atoms with E-state index in [9.17, 15) is 4.79 Å². The van der Waals surface area contributed by atoms with Gasteiger partial charge in [0, 0.05) is 22.7 Å². The van der Waals surface area contributed by atoms with E-state index >= 15 is 0 Å². The minimum absolute atomic E-state index is 0.0227. The van der Waals surface area contributed by atoms with Crippen molar-refractivity contribution in [3.05, 3.63) is 58.4 Å². The van der Waals surface area contributed by atoms with Crippen molar-refractivity contribution in [2.75, 3.05) is 13.1 Å². The third-order valence-corrected chi connectivity index (χ3v) is 5.44. The van der Waals surface area contributed by atoms with Crippen LogP contribution in [0.25, 0.3) is 32.7 Å². The van der Waals surface area contributed by atoms with Gasteiger partial charge < -0.3 is 9.97 Å². The molecule has 0 unspecified atom stereocenters. The molecule has 2 aromatic heterocycles. The number of para-hydroxylation sites is 1. The fraction of sp³-hybridized carbons (Fsp3) is 0.286. The Morgan fingerprint density at radius 3 is 2.32 bits per heavy atom. The Labute approximate surface area is 145 Å². The maximum Gasteiger partial charge on any atom is 0.256 e. The fourth-order valence-corrected chi connectivity index (χ4v) is 4.18. The number of fused-ring (bicyclic) bond motifs is 5. The number of aromatic amines is 2. The summed E-state index contributed by atoms with van der Waals surface area (Å²) in [6.07, 6.45) is 3.93. The first-order valence-electron chi connectivity index (χ1n) is 9.08. The maximum atomic E-state index is 12.5. The fourth-order valence-electron chi connectivity index (χ4n) is 4.18. The topological polar surface area (TPSA) is 51.9 Å². The smallest absolute Gasteiger partial charge is 0.256 e. The summed E-state index contributed by atoms with van der Waals surface area (Å²) in [6.45, 7) is 3.32. The van der Waals surface area contributed by atoms with Crippen molar-refractivity contribution in [2.24, 2.45) is 0 Å². The molecule has 2 aromatic carbocycles. The molecule has 2 N–H and O–H groups in total. The lowest BCUT2D eigenvalue weighted by atomic mass is 10.1. The summed E-state index contributed by atoms with van der Waals surface area (Å²) in [7, 11) is 0. The maximum absolute atomic E-state index is 12.5. The Morgan fingerprint density at radius 1 is 0.760 bits per heavy atom. The molecule has 3 heterocycles. The molecule has 0 saturated carbocycles. The second kappa shape index (κ2) is 5.74. The van der Waals surface area contributed by atoms with Crippen molar-refractivity contribution in [3.63, 3.8) is 0 Å². The van der Waals surface area contributed by atoms with Crippen LogP contribution < -0.4 is 5.56 Å². The number of benzene rings is 2. The number of piperidine rings is 1. The summed E-state index contributed by atoms with van der Waals surface area (Å²) >= 11 is 0. The number of H-pyrrole nitrogens is 2. The van der Waals surface area contributed by atoms with Crippen molar-refractivity contribution in [2.45, 2.75) is 25.8 Å². The van der Waals surface area contributed by atoms with Crippen LogP contribution in [0.3, 0.4) is 0 Å². The van der Waals surface area contributed by atoms with Gasteiger partial charge in [-0.05, 0) is 37.6 Å². The molecular formula is C21H21N3O. The molecule has 5 rings (SSSR count). The highest BCUT2D eigenvalue weighted by Crippen LogP contribution is 2.30. The van der Waals surface area contributed by atoms with Gasteiger partial charge in [0.1, 0.15) is 0 Å². The number of aromatic nitrogens is 2. The lowest BCUT2D eigenvalue weighted by molar-refractivity contribution is 0.221. The highest BCUT2D eigenvalue weighted by atomic mass is 16.1. The van der Waals surface area contributed by atoms with E-state index in [0.717, 1.165) is 39.3 Å². The van der Waals surface area contributed by atoms with Gasteiger partial charge in [0.15, 0.2) is 0 Å². The van der Waals surface area contributed by atoms with E-state index in [1.165, 1.54) is 37.9 Å². The molecule has 0 bridgehead atoms. The van der Waals surface area contributed by atoms with Crippen molar-refractivity contribution < 1.29 is 0 Å². The summed E-state index contributed by atoms with van der Waals surface area (Å²) in [5, 5.41) is 2.83. The average Bonchev–Trinajstić information content (AvgIpc) is 3.03. The summed E-state index contributed by atoms with van der Waals surface area (Å²) in [5.41, 5.74) is 4.37. The predicted molar refractivity (Wildman–Crippen MR) is 103 cm³/mol. The van der Waals surface area contributed by atoms with Crippen LogP contribution in [0.5, 0.6) is 0 Å². The van der Waals surface area contributed by atoms with Gasteiger partial charge in [-0.1, -0.05) is 42.8 Å². The van der Waals surface area contributed by atoms with Gasteiger partial charge in [0.05, 0.1) is 16.6 Å². The third-order valence-electron chi connectivity index (χ3n) is 5.44. The van der Waals surface area contributed by atoms with Crippen LogP contribution in [-0.2, 0) is 6.54 Å². The molecular weight excluding hydrogens is 310 g/mol. The Balaban J connectivity index is 1.74. The zero-order valence-corrected chi connectivity index (χ0v) is 14.1. The normalized spacial score (nSPS) is 16.2. The Bertz CT molecular complexity index is 1130. The van der Waals surface area contributed by atoms with Crippen LogP contribution in [0.2, 0.25) is 0 Å². The second-order valence-electron chi connectivity index (χ2n) is 7.05. The highest BCUT2D eigenvalue weighted by molar-refractivity contribution is 6.15. The van der Waals surface area contributed by atoms with Crippen LogP contribution in [0.15, 0.2) is 47.3 Å². The molecule has 1 saturated heterocycles. The lowest BCUT2D eigenvalue weighted by Crippen LogP contribution is -2.29. The number of rotatable bonds is 2. The van der Waals surface area contributed by atoms with Gasteiger partial charge in [-0.3, -0.25) is 9.69 Å². The van der Waals surface area contributed by atoms with E-state index in [1.807, 2.05) is 24.3 Å². The molecule has 126 valence electrons. The minimum Gasteiger partial charge on any atom is -0.352 e. The molecule has 4 heteroatoms. The predicted octanol–water partition coefficient (Wildman–Crippen LogP) is 4.15. The summed E-state index contributed by atoms with van der Waals surface area (Å²) in [6, 6.07) is 14.2. The Hall–Kier alpha value is -2.59. The molecule has 1 aliphatic heterocycles. The van der Waals surface area contributed by atoms with Crippen LogP contribution in [0.4, 0.5) is 0 Å². The van der Waals surface area contributed by atoms with Gasteiger partial charge >= 0.3 is 0 Å². The summed E-state index contributed by atoms with van der Waals surface area (Å²) in [4.78, 5) is 21.7. The number of nitrogens with one attached hydrogen (secondary N) is 2. The monoisotopic (exact) mass is 331 g/mol. The van der Waals surface area contributed by atoms with Crippen LogP contribution in [-0.4, -0.2) is 28.0 Å². The van der Waals surface area contributed by atoms with Crippen molar-refractivity contribution >= 4 is 32.7 Å².